The molecule has 0 amide bonds. The Labute approximate surface area is 133 Å². The molecule has 0 aromatic heterocycles. The molecule has 3 atom stereocenters. The Kier molecular flexibility index (Phi) is 5.22. The molecular weight excluding hydrogens is 270 g/mol. The quantitative estimate of drug-likeness (QED) is 0.781. The Hall–Kier alpha value is -1.68. The number of piperazine rings is 1. The molecule has 1 saturated heterocycles. The summed E-state index contributed by atoms with van der Waals surface area (Å²) in [5.41, 5.74) is 2.78. The summed E-state index contributed by atoms with van der Waals surface area (Å²) in [7, 11) is 0. The number of nitrogens with two attached hydrogens (primary N) is 1. The smallest absolute Gasteiger partial charge is 0.155 e. The van der Waals surface area contributed by atoms with Crippen molar-refractivity contribution in [1.29, 1.82) is 0 Å². The zero-order valence-corrected chi connectivity index (χ0v) is 13.2. The van der Waals surface area contributed by atoms with Gasteiger partial charge in [-0.2, -0.15) is 0 Å². The lowest BCUT2D eigenvalue weighted by molar-refractivity contribution is -0.698. The summed E-state index contributed by atoms with van der Waals surface area (Å²) >= 11 is 0. The molecule has 3 nitrogen and oxygen atoms in total. The predicted octanol–water partition coefficient (Wildman–Crippen LogP) is 1.44. The largest absolute Gasteiger partial charge is 0.330 e. The lowest BCUT2D eigenvalue weighted by Crippen LogP contribution is -2.97. The van der Waals surface area contributed by atoms with Crippen LogP contribution in [0.2, 0.25) is 0 Å². The third kappa shape index (κ3) is 3.95. The second kappa shape index (κ2) is 7.54. The maximum absolute atomic E-state index is 3.74. The summed E-state index contributed by atoms with van der Waals surface area (Å²) < 4.78 is 0. The highest BCUT2D eigenvalue weighted by Gasteiger charge is 2.29. The van der Waals surface area contributed by atoms with Crippen molar-refractivity contribution < 1.29 is 5.32 Å². The summed E-state index contributed by atoms with van der Waals surface area (Å²) in [5, 5.41) is 9.85. The second-order valence-corrected chi connectivity index (χ2v) is 6.11. The van der Waals surface area contributed by atoms with E-state index in [1.165, 1.54) is 11.1 Å². The van der Waals surface area contributed by atoms with Gasteiger partial charge in [-0.1, -0.05) is 60.7 Å². The van der Waals surface area contributed by atoms with E-state index < -0.39 is 0 Å². The Balaban J connectivity index is 1.47. The minimum absolute atomic E-state index is 0.412. The Morgan fingerprint density at radius 3 is 2.36 bits per heavy atom. The van der Waals surface area contributed by atoms with Crippen molar-refractivity contribution in [2.24, 2.45) is 0 Å². The molecule has 22 heavy (non-hydrogen) atoms. The SMILES string of the molecule is CC1NC(c2ccccc2)CNC1[NH2+]CCc1ccccc1. The molecule has 2 aromatic rings. The highest BCUT2D eigenvalue weighted by molar-refractivity contribution is 5.20. The topological polar surface area (TPSA) is 40.7 Å². The van der Waals surface area contributed by atoms with Crippen molar-refractivity contribution in [1.82, 2.24) is 10.6 Å². The van der Waals surface area contributed by atoms with Gasteiger partial charge in [0.25, 0.3) is 0 Å². The second-order valence-electron chi connectivity index (χ2n) is 6.11. The molecule has 1 aliphatic heterocycles. The maximum atomic E-state index is 3.74. The minimum atomic E-state index is 0.412. The van der Waals surface area contributed by atoms with Crippen LogP contribution < -0.4 is 16.0 Å². The number of nitrogens with one attached hydrogen (secondary N) is 2. The van der Waals surface area contributed by atoms with Gasteiger partial charge in [-0.3, -0.25) is 10.6 Å². The van der Waals surface area contributed by atoms with Crippen molar-refractivity contribution in [3.8, 4) is 0 Å². The fourth-order valence-corrected chi connectivity index (χ4v) is 3.17. The molecule has 4 N–H and O–H groups in total. The number of quaternary nitrogens is 1. The number of rotatable bonds is 5. The standard InChI is InChI=1S/C19H25N3/c1-15-19(20-13-12-16-8-4-2-5-9-16)21-14-18(22-15)17-10-6-3-7-11-17/h2-11,15,18-22H,12-14H2,1H3/p+1. The van der Waals surface area contributed by atoms with E-state index in [1.807, 2.05) is 0 Å². The first-order valence-electron chi connectivity index (χ1n) is 8.24. The average molecular weight is 296 g/mol. The third-order valence-corrected chi connectivity index (χ3v) is 4.46. The lowest BCUT2D eigenvalue weighted by atomic mass is 10.0. The summed E-state index contributed by atoms with van der Waals surface area (Å²) in [4.78, 5) is 0. The molecule has 2 aromatic carbocycles. The first-order chi connectivity index (χ1) is 10.8. The predicted molar refractivity (Wildman–Crippen MR) is 90.5 cm³/mol. The number of benzene rings is 2. The normalized spacial score (nSPS) is 25.0. The zero-order chi connectivity index (χ0) is 15.2. The molecule has 0 radical (unpaired) electrons. The molecule has 3 heteroatoms. The van der Waals surface area contributed by atoms with Crippen molar-refractivity contribution in [2.75, 3.05) is 13.1 Å². The van der Waals surface area contributed by atoms with Crippen LogP contribution in [0.25, 0.3) is 0 Å². The van der Waals surface area contributed by atoms with Crippen molar-refractivity contribution in [2.45, 2.75) is 31.6 Å². The van der Waals surface area contributed by atoms with Crippen LogP contribution in [0.4, 0.5) is 0 Å². The Bertz CT molecular complexity index is 553. The summed E-state index contributed by atoms with van der Waals surface area (Å²) in [6, 6.07) is 22.3. The van der Waals surface area contributed by atoms with Gasteiger partial charge in [-0.15, -0.1) is 0 Å². The molecule has 3 rings (SSSR count). The van der Waals surface area contributed by atoms with Crippen LogP contribution in [-0.4, -0.2) is 25.3 Å². The molecule has 1 heterocycles. The van der Waals surface area contributed by atoms with Crippen LogP contribution in [-0.2, 0) is 6.42 Å². The van der Waals surface area contributed by atoms with Crippen LogP contribution >= 0.6 is 0 Å². The average Bonchev–Trinajstić information content (AvgIpc) is 2.58. The van der Waals surface area contributed by atoms with Crippen LogP contribution in [0.15, 0.2) is 60.7 Å². The van der Waals surface area contributed by atoms with Gasteiger partial charge < -0.3 is 5.32 Å². The molecule has 0 spiro atoms. The van der Waals surface area contributed by atoms with E-state index >= 15 is 0 Å². The van der Waals surface area contributed by atoms with Gasteiger partial charge in [-0.25, -0.2) is 0 Å². The van der Waals surface area contributed by atoms with Crippen LogP contribution in [0.5, 0.6) is 0 Å². The van der Waals surface area contributed by atoms with Gasteiger partial charge in [0.2, 0.25) is 0 Å². The van der Waals surface area contributed by atoms with E-state index in [0.29, 0.717) is 18.2 Å². The fourth-order valence-electron chi connectivity index (χ4n) is 3.17. The molecule has 116 valence electrons. The molecule has 0 bridgehead atoms. The highest BCUT2D eigenvalue weighted by atomic mass is 15.2. The Morgan fingerprint density at radius 2 is 1.68 bits per heavy atom. The molecule has 3 unspecified atom stereocenters. The van der Waals surface area contributed by atoms with Gasteiger partial charge in [0.05, 0.1) is 12.6 Å². The van der Waals surface area contributed by atoms with Crippen LogP contribution in [0.3, 0.4) is 0 Å². The first kappa shape index (κ1) is 15.2. The summed E-state index contributed by atoms with van der Waals surface area (Å²) in [6.07, 6.45) is 1.57. The van der Waals surface area contributed by atoms with E-state index in [4.69, 9.17) is 0 Å². The van der Waals surface area contributed by atoms with Crippen molar-refractivity contribution in [3.63, 3.8) is 0 Å². The summed E-state index contributed by atoms with van der Waals surface area (Å²) in [6.45, 7) is 4.37. The van der Waals surface area contributed by atoms with E-state index in [9.17, 15) is 0 Å². The molecule has 1 aliphatic rings. The zero-order valence-electron chi connectivity index (χ0n) is 13.2. The minimum Gasteiger partial charge on any atom is -0.330 e. The highest BCUT2D eigenvalue weighted by Crippen LogP contribution is 2.15. The van der Waals surface area contributed by atoms with Crippen molar-refractivity contribution >= 4 is 0 Å². The lowest BCUT2D eigenvalue weighted by Gasteiger charge is -2.35. The summed E-state index contributed by atoms with van der Waals surface area (Å²) in [5.74, 6) is 0. The maximum Gasteiger partial charge on any atom is 0.155 e. The molecule has 0 saturated carbocycles. The first-order valence-corrected chi connectivity index (χ1v) is 8.24. The van der Waals surface area contributed by atoms with Gasteiger partial charge >= 0.3 is 0 Å². The van der Waals surface area contributed by atoms with Gasteiger partial charge in [0.15, 0.2) is 6.17 Å². The van der Waals surface area contributed by atoms with Crippen molar-refractivity contribution in [3.05, 3.63) is 71.8 Å². The van der Waals surface area contributed by atoms with E-state index in [1.54, 1.807) is 0 Å². The van der Waals surface area contributed by atoms with Crippen LogP contribution in [0.1, 0.15) is 24.1 Å². The molecule has 1 fully saturated rings. The van der Waals surface area contributed by atoms with Gasteiger partial charge in [-0.05, 0) is 18.1 Å². The molecule has 0 aliphatic carbocycles. The number of hydrogen-bond acceptors (Lipinski definition) is 2. The fraction of sp³-hybridized carbons (Fsp3) is 0.368. The molecular formula is C19H26N3+. The van der Waals surface area contributed by atoms with E-state index in [0.717, 1.165) is 19.5 Å². The van der Waals surface area contributed by atoms with E-state index in [-0.39, 0.29) is 0 Å². The Morgan fingerprint density at radius 1 is 1.00 bits per heavy atom. The third-order valence-electron chi connectivity index (χ3n) is 4.46. The number of hydrogen-bond donors (Lipinski definition) is 3. The van der Waals surface area contributed by atoms with Crippen LogP contribution in [0, 0.1) is 0 Å². The van der Waals surface area contributed by atoms with Gasteiger partial charge in [0.1, 0.15) is 0 Å². The van der Waals surface area contributed by atoms with Gasteiger partial charge in [0, 0.05) is 19.0 Å². The van der Waals surface area contributed by atoms with E-state index in [2.05, 4.69) is 83.5 Å². The monoisotopic (exact) mass is 296 g/mol.